The Bertz CT molecular complexity index is 889. The largest absolute Gasteiger partial charge is 0.271 e. The van der Waals surface area contributed by atoms with Crippen LogP contribution in [0.15, 0.2) is 70.5 Å². The molecule has 3 aromatic rings. The van der Waals surface area contributed by atoms with Gasteiger partial charge in [-0.3, -0.25) is 4.79 Å². The van der Waals surface area contributed by atoms with E-state index in [-0.39, 0.29) is 5.91 Å². The molecule has 0 saturated carbocycles. The van der Waals surface area contributed by atoms with Gasteiger partial charge in [0.15, 0.2) is 0 Å². The number of hydrogen-bond donors (Lipinski definition) is 1. The summed E-state index contributed by atoms with van der Waals surface area (Å²) in [5, 5.41) is 14.9. The number of benzene rings is 2. The minimum absolute atomic E-state index is 0.306. The van der Waals surface area contributed by atoms with Crippen LogP contribution in [0.25, 0.3) is 11.8 Å². The second-order valence-electron chi connectivity index (χ2n) is 4.94. The topological polar surface area (TPSA) is 85.1 Å². The Morgan fingerprint density at radius 1 is 1.12 bits per heavy atom. The summed E-state index contributed by atoms with van der Waals surface area (Å²) < 4.78 is 2.25. The van der Waals surface area contributed by atoms with Gasteiger partial charge >= 0.3 is 0 Å². The first-order valence-electron chi connectivity index (χ1n) is 7.31. The normalized spacial score (nSPS) is 11.6. The molecule has 124 valence electrons. The van der Waals surface area contributed by atoms with E-state index in [0.717, 1.165) is 15.7 Å². The van der Waals surface area contributed by atoms with Crippen molar-refractivity contribution in [1.29, 1.82) is 0 Å². The number of carbonyl (C=O) groups excluding carboxylic acids is 1. The molecule has 1 aromatic heterocycles. The second-order valence-corrected chi connectivity index (χ2v) is 5.86. The molecule has 0 fully saturated rings. The van der Waals surface area contributed by atoms with Gasteiger partial charge in [-0.1, -0.05) is 30.3 Å². The smallest absolute Gasteiger partial charge is 0.267 e. The van der Waals surface area contributed by atoms with Crippen molar-refractivity contribution in [1.82, 2.24) is 25.6 Å². The summed E-state index contributed by atoms with van der Waals surface area (Å²) in [6, 6.07) is 16.6. The number of halogens is 1. The Morgan fingerprint density at radius 3 is 2.56 bits per heavy atom. The van der Waals surface area contributed by atoms with Crippen LogP contribution in [0.3, 0.4) is 0 Å². The van der Waals surface area contributed by atoms with Gasteiger partial charge in [0.05, 0.1) is 11.9 Å². The van der Waals surface area contributed by atoms with Crippen molar-refractivity contribution in [2.75, 3.05) is 0 Å². The van der Waals surface area contributed by atoms with Crippen molar-refractivity contribution in [2.45, 2.75) is 0 Å². The van der Waals surface area contributed by atoms with Gasteiger partial charge in [-0.25, -0.2) is 10.1 Å². The summed E-state index contributed by atoms with van der Waals surface area (Å²) in [4.78, 5) is 12.1. The van der Waals surface area contributed by atoms with Crippen LogP contribution in [0, 0.1) is 0 Å². The van der Waals surface area contributed by atoms with Gasteiger partial charge < -0.3 is 0 Å². The van der Waals surface area contributed by atoms with Gasteiger partial charge in [0, 0.05) is 10.0 Å². The highest BCUT2D eigenvalue weighted by molar-refractivity contribution is 9.12. The number of amides is 1. The lowest BCUT2D eigenvalue weighted by atomic mass is 10.2. The molecule has 0 aliphatic rings. The molecule has 0 spiro atoms. The van der Waals surface area contributed by atoms with Crippen LogP contribution in [0.1, 0.15) is 15.9 Å². The molecule has 3 rings (SSSR count). The van der Waals surface area contributed by atoms with E-state index in [1.165, 1.54) is 17.2 Å². The summed E-state index contributed by atoms with van der Waals surface area (Å²) in [5.41, 5.74) is 4.76. The van der Waals surface area contributed by atoms with E-state index in [1.54, 1.807) is 24.3 Å². The number of nitrogens with one attached hydrogen (secondary N) is 1. The fourth-order valence-corrected chi connectivity index (χ4v) is 2.37. The highest BCUT2D eigenvalue weighted by Gasteiger charge is 2.05. The number of rotatable bonds is 5. The SMILES string of the molecule is O=C(N/N=C/C(Br)=C/c1ccccc1)c1ccc(-n2cnnn2)cc1. The molecule has 0 saturated heterocycles. The number of hydrazone groups is 1. The highest BCUT2D eigenvalue weighted by Crippen LogP contribution is 2.10. The average molecular weight is 397 g/mol. The lowest BCUT2D eigenvalue weighted by Gasteiger charge is -2.02. The van der Waals surface area contributed by atoms with E-state index in [4.69, 9.17) is 0 Å². The quantitative estimate of drug-likeness (QED) is 0.530. The number of allylic oxidation sites excluding steroid dienone is 1. The molecule has 1 N–H and O–H groups in total. The Balaban J connectivity index is 1.59. The molecule has 25 heavy (non-hydrogen) atoms. The maximum absolute atomic E-state index is 12.1. The van der Waals surface area contributed by atoms with E-state index < -0.39 is 0 Å². The van der Waals surface area contributed by atoms with Crippen molar-refractivity contribution >= 4 is 34.1 Å². The number of aromatic nitrogens is 4. The Hall–Kier alpha value is -3.13. The molecular weight excluding hydrogens is 384 g/mol. The van der Waals surface area contributed by atoms with Gasteiger partial charge in [0.1, 0.15) is 6.33 Å². The third kappa shape index (κ3) is 4.67. The maximum atomic E-state index is 12.1. The van der Waals surface area contributed by atoms with E-state index in [1.807, 2.05) is 36.4 Å². The summed E-state index contributed by atoms with van der Waals surface area (Å²) in [6.45, 7) is 0. The van der Waals surface area contributed by atoms with Crippen molar-refractivity contribution < 1.29 is 4.79 Å². The minimum Gasteiger partial charge on any atom is -0.267 e. The zero-order chi connectivity index (χ0) is 17.5. The summed E-state index contributed by atoms with van der Waals surface area (Å²) >= 11 is 3.39. The lowest BCUT2D eigenvalue weighted by molar-refractivity contribution is 0.0955. The van der Waals surface area contributed by atoms with Crippen molar-refractivity contribution in [3.8, 4) is 5.69 Å². The third-order valence-corrected chi connectivity index (χ3v) is 3.63. The fraction of sp³-hybridized carbons (Fsp3) is 0. The molecule has 0 aliphatic heterocycles. The second kappa shape index (κ2) is 8.11. The summed E-state index contributed by atoms with van der Waals surface area (Å²) in [5.74, 6) is -0.306. The first-order valence-corrected chi connectivity index (χ1v) is 8.11. The van der Waals surface area contributed by atoms with E-state index in [9.17, 15) is 4.79 Å². The predicted molar refractivity (Wildman–Crippen MR) is 98.5 cm³/mol. The molecule has 0 radical (unpaired) electrons. The molecule has 7 nitrogen and oxygen atoms in total. The van der Waals surface area contributed by atoms with Crippen LogP contribution in [0.5, 0.6) is 0 Å². The minimum atomic E-state index is -0.306. The van der Waals surface area contributed by atoms with E-state index in [0.29, 0.717) is 5.56 Å². The molecule has 1 heterocycles. The average Bonchev–Trinajstić information content (AvgIpc) is 3.17. The fourth-order valence-electron chi connectivity index (χ4n) is 2.01. The Kier molecular flexibility index (Phi) is 5.43. The van der Waals surface area contributed by atoms with Crippen LogP contribution >= 0.6 is 15.9 Å². The van der Waals surface area contributed by atoms with Crippen molar-refractivity contribution in [3.05, 3.63) is 76.5 Å². The van der Waals surface area contributed by atoms with Crippen molar-refractivity contribution in [2.24, 2.45) is 5.10 Å². The van der Waals surface area contributed by atoms with Gasteiger partial charge in [-0.05, 0) is 62.3 Å². The molecule has 1 amide bonds. The van der Waals surface area contributed by atoms with Gasteiger partial charge in [0.2, 0.25) is 0 Å². The predicted octanol–water partition coefficient (Wildman–Crippen LogP) is 2.81. The highest BCUT2D eigenvalue weighted by atomic mass is 79.9. The molecule has 0 aliphatic carbocycles. The van der Waals surface area contributed by atoms with Crippen LogP contribution in [0.2, 0.25) is 0 Å². The van der Waals surface area contributed by atoms with E-state index in [2.05, 4.69) is 42.0 Å². The monoisotopic (exact) mass is 396 g/mol. The number of tetrazole rings is 1. The van der Waals surface area contributed by atoms with Gasteiger partial charge in [-0.2, -0.15) is 5.10 Å². The Labute approximate surface area is 152 Å². The summed E-state index contributed by atoms with van der Waals surface area (Å²) in [7, 11) is 0. The molecule has 0 unspecified atom stereocenters. The third-order valence-electron chi connectivity index (χ3n) is 3.20. The zero-order valence-electron chi connectivity index (χ0n) is 13.0. The van der Waals surface area contributed by atoms with E-state index >= 15 is 0 Å². The van der Waals surface area contributed by atoms with Gasteiger partial charge in [0.25, 0.3) is 5.91 Å². The first kappa shape index (κ1) is 16.7. The maximum Gasteiger partial charge on any atom is 0.271 e. The molecule has 2 aromatic carbocycles. The Morgan fingerprint density at radius 2 is 1.88 bits per heavy atom. The van der Waals surface area contributed by atoms with Crippen LogP contribution in [-0.2, 0) is 0 Å². The molecule has 0 bridgehead atoms. The number of hydrogen-bond acceptors (Lipinski definition) is 5. The number of carbonyl (C=O) groups is 1. The van der Waals surface area contributed by atoms with Crippen LogP contribution in [0.4, 0.5) is 0 Å². The lowest BCUT2D eigenvalue weighted by Crippen LogP contribution is -2.17. The van der Waals surface area contributed by atoms with Crippen LogP contribution in [-0.4, -0.2) is 32.3 Å². The molecule has 8 heteroatoms. The van der Waals surface area contributed by atoms with Crippen molar-refractivity contribution in [3.63, 3.8) is 0 Å². The standard InChI is InChI=1S/C17H13BrN6O/c18-15(10-13-4-2-1-3-5-13)11-19-21-17(25)14-6-8-16(9-7-14)24-12-20-22-23-24/h1-12H,(H,21,25)/b15-10-,19-11+. The molecule has 0 atom stereocenters. The first-order chi connectivity index (χ1) is 12.2. The summed E-state index contributed by atoms with van der Waals surface area (Å²) in [6.07, 6.45) is 4.91. The zero-order valence-corrected chi connectivity index (χ0v) is 14.5. The molecular formula is C17H13BrN6O. The van der Waals surface area contributed by atoms with Gasteiger partial charge in [-0.15, -0.1) is 5.10 Å². The number of nitrogens with zero attached hydrogens (tertiary/aromatic N) is 5. The van der Waals surface area contributed by atoms with Crippen LogP contribution < -0.4 is 5.43 Å².